The van der Waals surface area contributed by atoms with E-state index in [-0.39, 0.29) is 0 Å². The molecule has 0 aliphatic heterocycles. The molecule has 3 rings (SSSR count). The first-order valence-corrected chi connectivity index (χ1v) is 7.26. The van der Waals surface area contributed by atoms with Gasteiger partial charge in [-0.3, -0.25) is 0 Å². The molecule has 0 aromatic heterocycles. The van der Waals surface area contributed by atoms with Gasteiger partial charge in [0.25, 0.3) is 0 Å². The van der Waals surface area contributed by atoms with Crippen LogP contribution in [0, 0.1) is 22.7 Å². The molecular formula is C15H27N. The Morgan fingerprint density at radius 1 is 1.12 bits per heavy atom. The summed E-state index contributed by atoms with van der Waals surface area (Å²) < 4.78 is 0. The highest BCUT2D eigenvalue weighted by Gasteiger charge is 2.58. The highest BCUT2D eigenvalue weighted by Crippen LogP contribution is 2.62. The zero-order valence-electron chi connectivity index (χ0n) is 11.2. The van der Waals surface area contributed by atoms with Gasteiger partial charge in [-0.1, -0.05) is 27.2 Å². The molecule has 92 valence electrons. The van der Waals surface area contributed by atoms with E-state index in [1.54, 1.807) is 0 Å². The van der Waals surface area contributed by atoms with Gasteiger partial charge in [0.15, 0.2) is 0 Å². The Morgan fingerprint density at radius 3 is 2.38 bits per heavy atom. The lowest BCUT2D eigenvalue weighted by Gasteiger charge is -2.44. The van der Waals surface area contributed by atoms with Gasteiger partial charge in [-0.25, -0.2) is 0 Å². The molecule has 16 heavy (non-hydrogen) atoms. The van der Waals surface area contributed by atoms with Crippen molar-refractivity contribution in [3.05, 3.63) is 0 Å². The monoisotopic (exact) mass is 221 g/mol. The fourth-order valence-electron chi connectivity index (χ4n) is 4.79. The Balaban J connectivity index is 1.67. The Hall–Kier alpha value is -0.0400. The second-order valence-corrected chi connectivity index (χ2v) is 7.55. The molecule has 0 heterocycles. The van der Waals surface area contributed by atoms with Gasteiger partial charge in [0.1, 0.15) is 0 Å². The summed E-state index contributed by atoms with van der Waals surface area (Å²) in [7, 11) is 0. The van der Waals surface area contributed by atoms with Crippen LogP contribution in [-0.4, -0.2) is 12.6 Å². The second kappa shape index (κ2) is 3.48. The molecule has 0 aromatic rings. The number of nitrogens with one attached hydrogen (secondary N) is 1. The number of hydrogen-bond acceptors (Lipinski definition) is 1. The van der Waals surface area contributed by atoms with Gasteiger partial charge in [0, 0.05) is 6.04 Å². The molecule has 1 N–H and O–H groups in total. The molecule has 1 unspecified atom stereocenters. The third-order valence-corrected chi connectivity index (χ3v) is 6.11. The van der Waals surface area contributed by atoms with Crippen LogP contribution in [0.5, 0.6) is 0 Å². The van der Waals surface area contributed by atoms with Crippen LogP contribution in [0.25, 0.3) is 0 Å². The van der Waals surface area contributed by atoms with Crippen molar-refractivity contribution in [1.29, 1.82) is 0 Å². The van der Waals surface area contributed by atoms with E-state index in [0.717, 1.165) is 17.9 Å². The van der Waals surface area contributed by atoms with Crippen molar-refractivity contribution in [3.8, 4) is 0 Å². The lowest BCUT2D eigenvalue weighted by Crippen LogP contribution is -2.51. The molecule has 2 bridgehead atoms. The summed E-state index contributed by atoms with van der Waals surface area (Å²) in [6.07, 6.45) is 8.83. The van der Waals surface area contributed by atoms with Crippen LogP contribution in [0.15, 0.2) is 0 Å². The average molecular weight is 221 g/mol. The number of fused-ring (bicyclic) bond motifs is 2. The lowest BCUT2D eigenvalue weighted by atomic mass is 9.68. The van der Waals surface area contributed by atoms with Gasteiger partial charge < -0.3 is 5.32 Å². The molecule has 3 atom stereocenters. The van der Waals surface area contributed by atoms with Crippen molar-refractivity contribution in [2.75, 3.05) is 6.54 Å². The van der Waals surface area contributed by atoms with Crippen LogP contribution in [0.1, 0.15) is 59.3 Å². The van der Waals surface area contributed by atoms with Gasteiger partial charge in [0.2, 0.25) is 0 Å². The molecule has 1 nitrogen and oxygen atoms in total. The van der Waals surface area contributed by atoms with E-state index < -0.39 is 0 Å². The first-order valence-electron chi connectivity index (χ1n) is 7.26. The van der Waals surface area contributed by atoms with E-state index in [4.69, 9.17) is 0 Å². The molecule has 0 amide bonds. The molecule has 3 fully saturated rings. The standard InChI is InChI=1S/C15H27N/c1-14(2)12-7-8-15(3,9-12)13(14)16-10-11-5-4-6-11/h11-13,16H,4-10H2,1-3H3/t12-,13?,15+/m0/s1. The molecule has 3 aliphatic carbocycles. The first kappa shape index (κ1) is 11.1. The largest absolute Gasteiger partial charge is 0.313 e. The maximum absolute atomic E-state index is 3.95. The Kier molecular flexibility index (Phi) is 2.41. The Bertz CT molecular complexity index is 274. The van der Waals surface area contributed by atoms with Crippen molar-refractivity contribution >= 4 is 0 Å². The molecular weight excluding hydrogens is 194 g/mol. The van der Waals surface area contributed by atoms with Crippen LogP contribution in [0.4, 0.5) is 0 Å². The highest BCUT2D eigenvalue weighted by molar-refractivity contribution is 5.12. The smallest absolute Gasteiger partial charge is 0.0175 e. The zero-order chi connectivity index (χ0) is 11.4. The minimum absolute atomic E-state index is 0.538. The van der Waals surface area contributed by atoms with Crippen LogP contribution in [0.3, 0.4) is 0 Å². The molecule has 3 saturated carbocycles. The van der Waals surface area contributed by atoms with Gasteiger partial charge in [-0.15, -0.1) is 0 Å². The van der Waals surface area contributed by atoms with Crippen molar-refractivity contribution in [2.24, 2.45) is 22.7 Å². The fourth-order valence-corrected chi connectivity index (χ4v) is 4.79. The summed E-state index contributed by atoms with van der Waals surface area (Å²) in [5, 5.41) is 3.95. The average Bonchev–Trinajstić information content (AvgIpc) is 2.59. The molecule has 0 saturated heterocycles. The maximum Gasteiger partial charge on any atom is 0.0175 e. The summed E-state index contributed by atoms with van der Waals surface area (Å²) in [5.41, 5.74) is 1.15. The molecule has 3 aliphatic rings. The highest BCUT2D eigenvalue weighted by atomic mass is 15.0. The molecule has 0 radical (unpaired) electrons. The van der Waals surface area contributed by atoms with Crippen LogP contribution in [0.2, 0.25) is 0 Å². The summed E-state index contributed by atoms with van der Waals surface area (Å²) in [6.45, 7) is 8.82. The third kappa shape index (κ3) is 1.47. The minimum atomic E-state index is 0.538. The van der Waals surface area contributed by atoms with Crippen molar-refractivity contribution in [3.63, 3.8) is 0 Å². The van der Waals surface area contributed by atoms with Gasteiger partial charge in [0.05, 0.1) is 0 Å². The summed E-state index contributed by atoms with van der Waals surface area (Å²) in [4.78, 5) is 0. The molecule has 0 spiro atoms. The summed E-state index contributed by atoms with van der Waals surface area (Å²) >= 11 is 0. The van der Waals surface area contributed by atoms with Gasteiger partial charge >= 0.3 is 0 Å². The molecule has 1 heteroatoms. The van der Waals surface area contributed by atoms with Crippen molar-refractivity contribution < 1.29 is 0 Å². The second-order valence-electron chi connectivity index (χ2n) is 7.55. The topological polar surface area (TPSA) is 12.0 Å². The van der Waals surface area contributed by atoms with E-state index in [2.05, 4.69) is 26.1 Å². The number of rotatable bonds is 3. The van der Waals surface area contributed by atoms with E-state index in [1.807, 2.05) is 0 Å². The van der Waals surface area contributed by atoms with E-state index in [0.29, 0.717) is 10.8 Å². The van der Waals surface area contributed by atoms with E-state index in [9.17, 15) is 0 Å². The maximum atomic E-state index is 3.95. The van der Waals surface area contributed by atoms with E-state index >= 15 is 0 Å². The van der Waals surface area contributed by atoms with Crippen LogP contribution in [-0.2, 0) is 0 Å². The summed E-state index contributed by atoms with van der Waals surface area (Å²) in [5.74, 6) is 1.98. The normalized spacial score (nSPS) is 45.9. The predicted molar refractivity (Wildman–Crippen MR) is 68.4 cm³/mol. The summed E-state index contributed by atoms with van der Waals surface area (Å²) in [6, 6.07) is 0.777. The van der Waals surface area contributed by atoms with Gasteiger partial charge in [-0.05, 0) is 61.3 Å². The Labute approximate surface area is 100 Å². The quantitative estimate of drug-likeness (QED) is 0.768. The first-order chi connectivity index (χ1) is 7.52. The predicted octanol–water partition coefficient (Wildman–Crippen LogP) is 3.59. The van der Waals surface area contributed by atoms with Gasteiger partial charge in [-0.2, -0.15) is 0 Å². The Morgan fingerprint density at radius 2 is 1.88 bits per heavy atom. The third-order valence-electron chi connectivity index (χ3n) is 6.11. The fraction of sp³-hybridized carbons (Fsp3) is 1.00. The van der Waals surface area contributed by atoms with E-state index in [1.165, 1.54) is 45.1 Å². The van der Waals surface area contributed by atoms with Crippen LogP contribution < -0.4 is 5.32 Å². The molecule has 0 aromatic carbocycles. The lowest BCUT2D eigenvalue weighted by molar-refractivity contribution is 0.0998. The minimum Gasteiger partial charge on any atom is -0.313 e. The number of hydrogen-bond donors (Lipinski definition) is 1. The SMILES string of the molecule is CC1(C)C(NCC2CCC2)[C@]2(C)CC[C@H]1C2. The zero-order valence-corrected chi connectivity index (χ0v) is 11.2. The van der Waals surface area contributed by atoms with Crippen molar-refractivity contribution in [1.82, 2.24) is 5.32 Å². The van der Waals surface area contributed by atoms with Crippen LogP contribution >= 0.6 is 0 Å². The van der Waals surface area contributed by atoms with Crippen molar-refractivity contribution in [2.45, 2.75) is 65.3 Å².